The molecule has 1 aliphatic carbocycles. The van der Waals surface area contributed by atoms with Crippen molar-refractivity contribution < 1.29 is 9.21 Å². The van der Waals surface area contributed by atoms with Crippen LogP contribution in [0.4, 0.5) is 4.79 Å². The van der Waals surface area contributed by atoms with Gasteiger partial charge in [0, 0.05) is 6.04 Å². The van der Waals surface area contributed by atoms with Crippen LogP contribution >= 0.6 is 0 Å². The van der Waals surface area contributed by atoms with Gasteiger partial charge in [0.1, 0.15) is 5.52 Å². The van der Waals surface area contributed by atoms with E-state index in [9.17, 15) is 4.79 Å². The molecule has 0 radical (unpaired) electrons. The number of hydrogen-bond donors (Lipinski definition) is 2. The smallest absolute Gasteiger partial charge is 0.315 e. The van der Waals surface area contributed by atoms with Crippen molar-refractivity contribution in [1.82, 2.24) is 15.6 Å². The molecule has 0 saturated heterocycles. The highest BCUT2D eigenvalue weighted by Gasteiger charge is 2.17. The molecule has 100 valence electrons. The second kappa shape index (κ2) is 5.30. The molecule has 2 amide bonds. The Labute approximate surface area is 111 Å². The quantitative estimate of drug-likeness (QED) is 0.890. The predicted octanol–water partition coefficient (Wildman–Crippen LogP) is 2.57. The Morgan fingerprint density at radius 1 is 1.32 bits per heavy atom. The fourth-order valence-electron chi connectivity index (χ4n) is 2.46. The molecule has 1 aromatic heterocycles. The zero-order chi connectivity index (χ0) is 13.1. The van der Waals surface area contributed by atoms with Gasteiger partial charge in [0.15, 0.2) is 5.58 Å². The lowest BCUT2D eigenvalue weighted by molar-refractivity contribution is 0.235. The molecule has 19 heavy (non-hydrogen) atoms. The summed E-state index contributed by atoms with van der Waals surface area (Å²) in [5, 5.41) is 5.74. The minimum atomic E-state index is -0.144. The topological polar surface area (TPSA) is 67.2 Å². The number of hydrogen-bond acceptors (Lipinski definition) is 3. The number of fused-ring (bicyclic) bond motifs is 1. The van der Waals surface area contributed by atoms with Crippen molar-refractivity contribution in [1.29, 1.82) is 0 Å². The van der Waals surface area contributed by atoms with Gasteiger partial charge in [-0.3, -0.25) is 0 Å². The summed E-state index contributed by atoms with van der Waals surface area (Å²) in [6.45, 7) is 0.313. The predicted molar refractivity (Wildman–Crippen MR) is 71.6 cm³/mol. The summed E-state index contributed by atoms with van der Waals surface area (Å²) in [5.74, 6) is 0.530. The Balaban J connectivity index is 1.54. The third kappa shape index (κ3) is 2.86. The van der Waals surface area contributed by atoms with Gasteiger partial charge in [-0.05, 0) is 25.0 Å². The molecule has 1 saturated carbocycles. The summed E-state index contributed by atoms with van der Waals surface area (Å²) >= 11 is 0. The molecule has 5 nitrogen and oxygen atoms in total. The number of rotatable bonds is 3. The highest BCUT2D eigenvalue weighted by molar-refractivity contribution is 5.74. The Morgan fingerprint density at radius 3 is 2.89 bits per heavy atom. The van der Waals surface area contributed by atoms with Crippen LogP contribution in [0.2, 0.25) is 0 Å². The van der Waals surface area contributed by atoms with E-state index in [2.05, 4.69) is 15.6 Å². The number of nitrogens with zero attached hydrogens (tertiary/aromatic N) is 1. The van der Waals surface area contributed by atoms with E-state index in [1.54, 1.807) is 0 Å². The molecule has 1 aromatic carbocycles. The van der Waals surface area contributed by atoms with Crippen molar-refractivity contribution in [2.45, 2.75) is 38.3 Å². The van der Waals surface area contributed by atoms with Gasteiger partial charge < -0.3 is 15.1 Å². The highest BCUT2D eigenvalue weighted by atomic mass is 16.3. The van der Waals surface area contributed by atoms with Crippen molar-refractivity contribution >= 4 is 17.1 Å². The molecule has 3 rings (SSSR count). The molecular weight excluding hydrogens is 242 g/mol. The number of para-hydroxylation sites is 2. The first-order valence-electron chi connectivity index (χ1n) is 6.70. The van der Waals surface area contributed by atoms with Gasteiger partial charge in [-0.1, -0.05) is 25.0 Å². The average Bonchev–Trinajstić information content (AvgIpc) is 3.04. The number of carbonyl (C=O) groups excluding carboxylic acids is 1. The van der Waals surface area contributed by atoms with Crippen LogP contribution in [0.5, 0.6) is 0 Å². The number of aromatic nitrogens is 1. The molecule has 0 spiro atoms. The summed E-state index contributed by atoms with van der Waals surface area (Å²) in [7, 11) is 0. The van der Waals surface area contributed by atoms with Crippen LogP contribution in [-0.2, 0) is 6.54 Å². The molecule has 0 unspecified atom stereocenters. The lowest BCUT2D eigenvalue weighted by atomic mass is 10.2. The van der Waals surface area contributed by atoms with Crippen molar-refractivity contribution in [3.63, 3.8) is 0 Å². The average molecular weight is 259 g/mol. The van der Waals surface area contributed by atoms with Crippen LogP contribution in [0.1, 0.15) is 31.6 Å². The molecule has 1 aliphatic rings. The number of benzene rings is 1. The van der Waals surface area contributed by atoms with E-state index in [1.165, 1.54) is 12.8 Å². The third-order valence-electron chi connectivity index (χ3n) is 3.43. The largest absolute Gasteiger partial charge is 0.439 e. The summed E-state index contributed by atoms with van der Waals surface area (Å²) in [6, 6.07) is 7.75. The first kappa shape index (κ1) is 12.0. The SMILES string of the molecule is O=C(NCc1nc2ccccc2o1)NC1CCCC1. The van der Waals surface area contributed by atoms with E-state index in [0.29, 0.717) is 18.5 Å². The lowest BCUT2D eigenvalue weighted by Crippen LogP contribution is -2.40. The zero-order valence-corrected chi connectivity index (χ0v) is 10.7. The van der Waals surface area contributed by atoms with E-state index in [4.69, 9.17) is 4.42 Å². The Kier molecular flexibility index (Phi) is 3.35. The van der Waals surface area contributed by atoms with Crippen LogP contribution in [0.25, 0.3) is 11.1 Å². The van der Waals surface area contributed by atoms with Crippen LogP contribution in [-0.4, -0.2) is 17.1 Å². The molecule has 1 heterocycles. The summed E-state index contributed by atoms with van der Waals surface area (Å²) in [4.78, 5) is 16.0. The summed E-state index contributed by atoms with van der Waals surface area (Å²) < 4.78 is 5.53. The fraction of sp³-hybridized carbons (Fsp3) is 0.429. The van der Waals surface area contributed by atoms with E-state index in [1.807, 2.05) is 24.3 Å². The molecule has 2 N–H and O–H groups in total. The van der Waals surface area contributed by atoms with Gasteiger partial charge in [0.05, 0.1) is 6.54 Å². The maximum atomic E-state index is 11.7. The van der Waals surface area contributed by atoms with E-state index in [-0.39, 0.29) is 6.03 Å². The molecule has 1 fully saturated rings. The number of urea groups is 1. The molecule has 0 aliphatic heterocycles. The second-order valence-corrected chi connectivity index (χ2v) is 4.88. The van der Waals surface area contributed by atoms with Gasteiger partial charge in [0.2, 0.25) is 5.89 Å². The van der Waals surface area contributed by atoms with Crippen molar-refractivity contribution in [3.05, 3.63) is 30.2 Å². The maximum absolute atomic E-state index is 11.7. The minimum absolute atomic E-state index is 0.144. The third-order valence-corrected chi connectivity index (χ3v) is 3.43. The van der Waals surface area contributed by atoms with Gasteiger partial charge in [0.25, 0.3) is 0 Å². The first-order valence-corrected chi connectivity index (χ1v) is 6.70. The Morgan fingerprint density at radius 2 is 2.11 bits per heavy atom. The Hall–Kier alpha value is -2.04. The van der Waals surface area contributed by atoms with Crippen LogP contribution in [0, 0.1) is 0 Å². The molecule has 0 bridgehead atoms. The van der Waals surface area contributed by atoms with E-state index < -0.39 is 0 Å². The van der Waals surface area contributed by atoms with Crippen molar-refractivity contribution in [2.75, 3.05) is 0 Å². The standard InChI is InChI=1S/C14H17N3O2/c18-14(16-10-5-1-2-6-10)15-9-13-17-11-7-3-4-8-12(11)19-13/h3-4,7-8,10H,1-2,5-6,9H2,(H2,15,16,18). The lowest BCUT2D eigenvalue weighted by Gasteiger charge is -2.11. The number of carbonyl (C=O) groups is 1. The second-order valence-electron chi connectivity index (χ2n) is 4.88. The van der Waals surface area contributed by atoms with Gasteiger partial charge in [-0.25, -0.2) is 9.78 Å². The maximum Gasteiger partial charge on any atom is 0.315 e. The van der Waals surface area contributed by atoms with Gasteiger partial charge >= 0.3 is 6.03 Å². The van der Waals surface area contributed by atoms with E-state index >= 15 is 0 Å². The molecule has 2 aromatic rings. The summed E-state index contributed by atoms with van der Waals surface area (Å²) in [6.07, 6.45) is 4.57. The zero-order valence-electron chi connectivity index (χ0n) is 10.7. The number of oxazole rings is 1. The molecule has 5 heteroatoms. The highest BCUT2D eigenvalue weighted by Crippen LogP contribution is 2.17. The normalized spacial score (nSPS) is 15.8. The monoisotopic (exact) mass is 259 g/mol. The van der Waals surface area contributed by atoms with Crippen LogP contribution in [0.15, 0.2) is 28.7 Å². The first-order chi connectivity index (χ1) is 9.31. The fourth-order valence-corrected chi connectivity index (χ4v) is 2.46. The summed E-state index contributed by atoms with van der Waals surface area (Å²) in [5.41, 5.74) is 1.56. The Bertz CT molecular complexity index is 540. The van der Waals surface area contributed by atoms with Crippen LogP contribution in [0.3, 0.4) is 0 Å². The van der Waals surface area contributed by atoms with Crippen molar-refractivity contribution in [3.8, 4) is 0 Å². The molecule has 0 atom stereocenters. The number of amides is 2. The van der Waals surface area contributed by atoms with E-state index in [0.717, 1.165) is 23.9 Å². The van der Waals surface area contributed by atoms with Crippen molar-refractivity contribution in [2.24, 2.45) is 0 Å². The van der Waals surface area contributed by atoms with Gasteiger partial charge in [-0.2, -0.15) is 0 Å². The van der Waals surface area contributed by atoms with Crippen LogP contribution < -0.4 is 10.6 Å². The van der Waals surface area contributed by atoms with Gasteiger partial charge in [-0.15, -0.1) is 0 Å². The minimum Gasteiger partial charge on any atom is -0.439 e. The number of nitrogens with one attached hydrogen (secondary N) is 2. The molecular formula is C14H17N3O2.